The number of piperazine rings is 1. The maximum Gasteiger partial charge on any atom is 0.257 e. The van der Waals surface area contributed by atoms with E-state index >= 15 is 0 Å². The number of amides is 3. The van der Waals surface area contributed by atoms with Crippen molar-refractivity contribution in [1.29, 1.82) is 0 Å². The van der Waals surface area contributed by atoms with E-state index in [1.165, 1.54) is 36.1 Å². The Morgan fingerprint density at radius 3 is 2.72 bits per heavy atom. The summed E-state index contributed by atoms with van der Waals surface area (Å²) in [6.07, 6.45) is 3.00. The number of anilines is 1. The molecule has 1 atom stereocenters. The van der Waals surface area contributed by atoms with E-state index in [0.29, 0.717) is 36.1 Å². The van der Waals surface area contributed by atoms with Gasteiger partial charge in [-0.3, -0.25) is 14.4 Å². The van der Waals surface area contributed by atoms with Crippen molar-refractivity contribution in [3.8, 4) is 5.75 Å². The van der Waals surface area contributed by atoms with Gasteiger partial charge in [-0.15, -0.1) is 0 Å². The van der Waals surface area contributed by atoms with Crippen LogP contribution in [-0.2, 0) is 9.59 Å². The van der Waals surface area contributed by atoms with Crippen LogP contribution in [0.15, 0.2) is 40.1 Å². The van der Waals surface area contributed by atoms with E-state index in [1.807, 2.05) is 26.0 Å². The molecule has 3 rings (SSSR count). The number of benzene rings is 1. The lowest BCUT2D eigenvalue weighted by atomic mass is 10.1. The van der Waals surface area contributed by atoms with E-state index in [2.05, 4.69) is 16.9 Å². The molecule has 1 N–H and O–H groups in total. The van der Waals surface area contributed by atoms with Gasteiger partial charge in [-0.1, -0.05) is 29.7 Å². The molecule has 1 aliphatic rings. The van der Waals surface area contributed by atoms with Crippen LogP contribution in [0.5, 0.6) is 5.75 Å². The number of carbonyl (C=O) groups excluding carboxylic acids is 3. The van der Waals surface area contributed by atoms with Crippen LogP contribution in [0.2, 0.25) is 0 Å². The van der Waals surface area contributed by atoms with E-state index in [1.54, 1.807) is 23.1 Å². The monoisotopic (exact) mass is 474 g/mol. The van der Waals surface area contributed by atoms with Crippen LogP contribution >= 0.6 is 23.1 Å². The van der Waals surface area contributed by atoms with Crippen molar-refractivity contribution >= 4 is 46.0 Å². The number of rotatable bonds is 6. The molecule has 1 fully saturated rings. The van der Waals surface area contributed by atoms with Gasteiger partial charge < -0.3 is 19.9 Å². The molecule has 1 aliphatic heterocycles. The molecule has 0 aliphatic carbocycles. The summed E-state index contributed by atoms with van der Waals surface area (Å²) in [5.74, 6) is 0.0785. The van der Waals surface area contributed by atoms with E-state index < -0.39 is 0 Å². The second-order valence-corrected chi connectivity index (χ2v) is 9.79. The van der Waals surface area contributed by atoms with Crippen LogP contribution in [0.3, 0.4) is 0 Å². The third-order valence-corrected chi connectivity index (χ3v) is 7.25. The van der Waals surface area contributed by atoms with Crippen molar-refractivity contribution in [3.63, 3.8) is 0 Å². The molecule has 1 saturated heterocycles. The van der Waals surface area contributed by atoms with Gasteiger partial charge in [-0.05, 0) is 37.6 Å². The Hall–Kier alpha value is -2.85. The first-order chi connectivity index (χ1) is 15.2. The fraction of sp³-hybridized carbons (Fsp3) is 0.364. The smallest absolute Gasteiger partial charge is 0.257 e. The van der Waals surface area contributed by atoms with Gasteiger partial charge >= 0.3 is 0 Å². The number of hydrogen-bond donors (Lipinski definition) is 1. The minimum Gasteiger partial charge on any atom is -0.496 e. The van der Waals surface area contributed by atoms with Crippen molar-refractivity contribution < 1.29 is 19.1 Å². The molecule has 170 valence electrons. The number of thiazole rings is 1. The van der Waals surface area contributed by atoms with Crippen LogP contribution < -0.4 is 10.1 Å². The Bertz CT molecular complexity index is 1050. The Labute approximate surface area is 195 Å². The van der Waals surface area contributed by atoms with Crippen LogP contribution in [-0.4, -0.2) is 65.3 Å². The summed E-state index contributed by atoms with van der Waals surface area (Å²) < 4.78 is 6.40. The number of methoxy groups -OCH3 is 1. The van der Waals surface area contributed by atoms with Gasteiger partial charge in [0.25, 0.3) is 5.91 Å². The summed E-state index contributed by atoms with van der Waals surface area (Å²) in [5.41, 5.74) is 1.44. The second-order valence-electron chi connectivity index (χ2n) is 7.42. The van der Waals surface area contributed by atoms with E-state index in [-0.39, 0.29) is 23.8 Å². The van der Waals surface area contributed by atoms with Gasteiger partial charge in [0.15, 0.2) is 5.13 Å². The highest BCUT2D eigenvalue weighted by molar-refractivity contribution is 8.01. The van der Waals surface area contributed by atoms with Gasteiger partial charge in [0.05, 0.1) is 23.1 Å². The highest BCUT2D eigenvalue weighted by atomic mass is 32.2. The lowest BCUT2D eigenvalue weighted by Gasteiger charge is -2.39. The van der Waals surface area contributed by atoms with Crippen LogP contribution in [0.1, 0.15) is 29.8 Å². The minimum atomic E-state index is -0.173. The first-order valence-corrected chi connectivity index (χ1v) is 11.7. The molecule has 3 amide bonds. The first kappa shape index (κ1) is 23.8. The molecule has 32 heavy (non-hydrogen) atoms. The number of aromatic nitrogens is 1. The molecule has 8 nitrogen and oxygen atoms in total. The molecule has 10 heteroatoms. The van der Waals surface area contributed by atoms with Gasteiger partial charge in [-0.25, -0.2) is 4.98 Å². The SMILES string of the molecule is C=CC(=O)N1CCN(C(=O)c2cc(Sc3cnc(NC(C)=O)s3)c(C)cc2OC)C[C@H]1C. The number of carbonyl (C=O) groups is 3. The molecule has 1 aromatic heterocycles. The van der Waals surface area contributed by atoms with Gasteiger partial charge in [-0.2, -0.15) is 0 Å². The zero-order valence-corrected chi connectivity index (χ0v) is 20.1. The number of ether oxygens (including phenoxy) is 1. The molecule has 0 saturated carbocycles. The van der Waals surface area contributed by atoms with Gasteiger partial charge in [0.1, 0.15) is 5.75 Å². The molecule has 0 spiro atoms. The predicted octanol–water partition coefficient (Wildman–Crippen LogP) is 3.43. The Kier molecular flexibility index (Phi) is 7.57. The largest absolute Gasteiger partial charge is 0.496 e. The number of nitrogens with one attached hydrogen (secondary N) is 1. The molecule has 0 radical (unpaired) electrons. The zero-order valence-electron chi connectivity index (χ0n) is 18.5. The van der Waals surface area contributed by atoms with E-state index in [4.69, 9.17) is 4.74 Å². The van der Waals surface area contributed by atoms with Crippen LogP contribution in [0.4, 0.5) is 5.13 Å². The standard InChI is InChI=1S/C22H26N4O4S2/c1-6-19(28)26-8-7-25(12-14(26)3)21(29)16-10-18(13(2)9-17(16)30-5)31-20-11-23-22(32-20)24-15(4)27/h6,9-11,14H,1,7-8,12H2,2-5H3,(H,23,24,27)/t14-/m1/s1. The predicted molar refractivity (Wildman–Crippen MR) is 126 cm³/mol. The van der Waals surface area contributed by atoms with Gasteiger partial charge in [0.2, 0.25) is 11.8 Å². The average molecular weight is 475 g/mol. The normalized spacial score (nSPS) is 15.9. The van der Waals surface area contributed by atoms with Crippen molar-refractivity contribution in [3.05, 3.63) is 42.1 Å². The third kappa shape index (κ3) is 5.31. The highest BCUT2D eigenvalue weighted by Crippen LogP contribution is 2.38. The molecule has 0 bridgehead atoms. The average Bonchev–Trinajstić information content (AvgIpc) is 3.19. The van der Waals surface area contributed by atoms with Crippen LogP contribution in [0, 0.1) is 6.92 Å². The Morgan fingerprint density at radius 2 is 2.09 bits per heavy atom. The molecular weight excluding hydrogens is 448 g/mol. The maximum atomic E-state index is 13.4. The fourth-order valence-corrected chi connectivity index (χ4v) is 5.48. The number of nitrogens with zero attached hydrogens (tertiary/aromatic N) is 3. The zero-order chi connectivity index (χ0) is 23.4. The summed E-state index contributed by atoms with van der Waals surface area (Å²) in [4.78, 5) is 45.2. The third-order valence-electron chi connectivity index (χ3n) is 5.08. The number of hydrogen-bond acceptors (Lipinski definition) is 7. The maximum absolute atomic E-state index is 13.4. The molecule has 0 unspecified atom stereocenters. The second kappa shape index (κ2) is 10.2. The Morgan fingerprint density at radius 1 is 1.34 bits per heavy atom. The topological polar surface area (TPSA) is 91.8 Å². The van der Waals surface area contributed by atoms with Gasteiger partial charge in [0, 0.05) is 37.5 Å². The minimum absolute atomic E-state index is 0.104. The quantitative estimate of drug-likeness (QED) is 0.645. The summed E-state index contributed by atoms with van der Waals surface area (Å²) in [6.45, 7) is 10.2. The summed E-state index contributed by atoms with van der Waals surface area (Å²) in [5, 5.41) is 3.21. The van der Waals surface area contributed by atoms with E-state index in [9.17, 15) is 14.4 Å². The molecule has 1 aromatic carbocycles. The van der Waals surface area contributed by atoms with Crippen molar-refractivity contribution in [2.45, 2.75) is 35.9 Å². The van der Waals surface area contributed by atoms with Crippen molar-refractivity contribution in [1.82, 2.24) is 14.8 Å². The summed E-state index contributed by atoms with van der Waals surface area (Å²) >= 11 is 2.85. The molecule has 2 heterocycles. The molecular formula is C22H26N4O4S2. The lowest BCUT2D eigenvalue weighted by Crippen LogP contribution is -2.55. The van der Waals surface area contributed by atoms with E-state index in [0.717, 1.165) is 14.7 Å². The summed E-state index contributed by atoms with van der Waals surface area (Å²) in [7, 11) is 1.55. The van der Waals surface area contributed by atoms with Crippen molar-refractivity contribution in [2.24, 2.45) is 0 Å². The first-order valence-electron chi connectivity index (χ1n) is 10.1. The van der Waals surface area contributed by atoms with Crippen molar-refractivity contribution in [2.75, 3.05) is 32.1 Å². The lowest BCUT2D eigenvalue weighted by molar-refractivity contribution is -0.129. The fourth-order valence-electron chi connectivity index (χ4n) is 3.49. The summed E-state index contributed by atoms with van der Waals surface area (Å²) in [6, 6.07) is 3.59. The Balaban J connectivity index is 1.82. The molecule has 2 aromatic rings. The van der Waals surface area contributed by atoms with Crippen LogP contribution in [0.25, 0.3) is 0 Å². The highest BCUT2D eigenvalue weighted by Gasteiger charge is 2.30. The number of aryl methyl sites for hydroxylation is 1.